The average molecular weight is 368 g/mol. The van der Waals surface area contributed by atoms with Crippen LogP contribution in [-0.2, 0) is 0 Å². The maximum absolute atomic E-state index is 12.4. The number of benzene rings is 2. The molecule has 2 aromatic carbocycles. The molecule has 142 valence electrons. The minimum Gasteiger partial charge on any atom is -0.351 e. The van der Waals surface area contributed by atoms with Crippen LogP contribution in [0.3, 0.4) is 0 Å². The van der Waals surface area contributed by atoms with Crippen LogP contribution in [0.1, 0.15) is 47.9 Å². The van der Waals surface area contributed by atoms with Crippen LogP contribution in [0.5, 0.6) is 0 Å². The Hall–Kier alpha value is -3.35. The van der Waals surface area contributed by atoms with Gasteiger partial charge in [0.25, 0.3) is 11.8 Å². The van der Waals surface area contributed by atoms with Crippen LogP contribution in [0.15, 0.2) is 48.5 Å². The second kappa shape index (κ2) is 8.35. The van der Waals surface area contributed by atoms with E-state index >= 15 is 0 Å². The molecule has 0 aliphatic rings. The number of nitrogens with one attached hydrogen (secondary N) is 3. The Labute approximate surface area is 158 Å². The average Bonchev–Trinajstić information content (AvgIpc) is 2.61. The molecule has 2 rings (SSSR count). The van der Waals surface area contributed by atoms with Crippen molar-refractivity contribution in [2.24, 2.45) is 5.73 Å². The third-order valence-corrected chi connectivity index (χ3v) is 4.13. The molecule has 0 unspecified atom stereocenters. The van der Waals surface area contributed by atoms with Gasteiger partial charge in [0, 0.05) is 28.0 Å². The summed E-state index contributed by atoms with van der Waals surface area (Å²) in [6.07, 6.45) is 0.816. The molecular weight excluding hydrogens is 344 g/mol. The first-order valence-electron chi connectivity index (χ1n) is 8.60. The molecule has 0 bridgehead atoms. The number of amides is 4. The molecule has 5 N–H and O–H groups in total. The smallest absolute Gasteiger partial charge is 0.316 e. The number of carbonyl (C=O) groups is 3. The van der Waals surface area contributed by atoms with Crippen molar-refractivity contribution < 1.29 is 14.4 Å². The molecule has 0 spiro atoms. The summed E-state index contributed by atoms with van der Waals surface area (Å²) >= 11 is 0. The van der Waals surface area contributed by atoms with Crippen LogP contribution >= 0.6 is 0 Å². The van der Waals surface area contributed by atoms with Gasteiger partial charge in [0.05, 0.1) is 0 Å². The van der Waals surface area contributed by atoms with E-state index in [0.29, 0.717) is 22.5 Å². The number of hydrogen-bond donors (Lipinski definition) is 4. The first-order chi connectivity index (χ1) is 12.7. The predicted octanol–water partition coefficient (Wildman–Crippen LogP) is 3.35. The SMILES string of the molecule is CCC(C)(C)NC(=O)c1ccc(NC(=O)c2cccc(NC(N)=O)c2)cc1. The normalized spacial score (nSPS) is 10.8. The maximum Gasteiger partial charge on any atom is 0.316 e. The summed E-state index contributed by atoms with van der Waals surface area (Å²) in [6.45, 7) is 5.92. The number of primary amides is 1. The van der Waals surface area contributed by atoms with Gasteiger partial charge < -0.3 is 21.7 Å². The van der Waals surface area contributed by atoms with Gasteiger partial charge >= 0.3 is 6.03 Å². The maximum atomic E-state index is 12.4. The molecule has 0 radical (unpaired) electrons. The van der Waals surface area contributed by atoms with E-state index in [4.69, 9.17) is 5.73 Å². The van der Waals surface area contributed by atoms with Gasteiger partial charge in [-0.2, -0.15) is 0 Å². The van der Waals surface area contributed by atoms with E-state index in [0.717, 1.165) is 6.42 Å². The van der Waals surface area contributed by atoms with E-state index in [9.17, 15) is 14.4 Å². The molecule has 0 aliphatic heterocycles. The number of carbonyl (C=O) groups excluding carboxylic acids is 3. The Bertz CT molecular complexity index is 845. The van der Waals surface area contributed by atoms with Crippen molar-refractivity contribution in [1.29, 1.82) is 0 Å². The van der Waals surface area contributed by atoms with Gasteiger partial charge in [-0.25, -0.2) is 4.79 Å². The third-order valence-electron chi connectivity index (χ3n) is 4.13. The van der Waals surface area contributed by atoms with Crippen LogP contribution in [0.4, 0.5) is 16.2 Å². The molecule has 0 aliphatic carbocycles. The highest BCUT2D eigenvalue weighted by Crippen LogP contribution is 2.15. The quantitative estimate of drug-likeness (QED) is 0.627. The van der Waals surface area contributed by atoms with Gasteiger partial charge in [-0.1, -0.05) is 13.0 Å². The number of nitrogens with two attached hydrogens (primary N) is 1. The lowest BCUT2D eigenvalue weighted by molar-refractivity contribution is 0.0910. The fraction of sp³-hybridized carbons (Fsp3) is 0.250. The van der Waals surface area contributed by atoms with Crippen molar-refractivity contribution in [2.45, 2.75) is 32.7 Å². The van der Waals surface area contributed by atoms with Crippen molar-refractivity contribution >= 4 is 29.2 Å². The molecule has 0 aromatic heterocycles. The summed E-state index contributed by atoms with van der Waals surface area (Å²) in [5, 5.41) is 8.13. The summed E-state index contributed by atoms with van der Waals surface area (Å²) in [5.74, 6) is -0.502. The Morgan fingerprint density at radius 1 is 0.889 bits per heavy atom. The van der Waals surface area contributed by atoms with Crippen LogP contribution in [0.2, 0.25) is 0 Å². The summed E-state index contributed by atoms with van der Waals surface area (Å²) in [5.41, 5.74) is 6.66. The van der Waals surface area contributed by atoms with Crippen molar-refractivity contribution in [3.8, 4) is 0 Å². The standard InChI is InChI=1S/C20H24N4O3/c1-4-20(2,3)24-18(26)13-8-10-15(11-9-13)22-17(25)14-6-5-7-16(12-14)23-19(21)27/h5-12H,4H2,1-3H3,(H,22,25)(H,24,26)(H3,21,23,27). The highest BCUT2D eigenvalue weighted by Gasteiger charge is 2.18. The second-order valence-corrected chi connectivity index (χ2v) is 6.79. The summed E-state index contributed by atoms with van der Waals surface area (Å²) in [4.78, 5) is 35.5. The minimum absolute atomic E-state index is 0.162. The molecular formula is C20H24N4O3. The van der Waals surface area contributed by atoms with E-state index in [1.54, 1.807) is 42.5 Å². The Morgan fingerprint density at radius 3 is 2.15 bits per heavy atom. The molecule has 0 heterocycles. The number of urea groups is 1. The summed E-state index contributed by atoms with van der Waals surface area (Å²) < 4.78 is 0. The zero-order chi connectivity index (χ0) is 20.0. The molecule has 0 atom stereocenters. The lowest BCUT2D eigenvalue weighted by Crippen LogP contribution is -2.42. The summed E-state index contributed by atoms with van der Waals surface area (Å²) in [6, 6.07) is 12.4. The van der Waals surface area contributed by atoms with Crippen LogP contribution in [0, 0.1) is 0 Å². The highest BCUT2D eigenvalue weighted by molar-refractivity contribution is 6.05. The number of anilines is 2. The van der Waals surface area contributed by atoms with Crippen LogP contribution in [-0.4, -0.2) is 23.4 Å². The van der Waals surface area contributed by atoms with Crippen molar-refractivity contribution in [1.82, 2.24) is 5.32 Å². The Kier molecular flexibility index (Phi) is 6.18. The van der Waals surface area contributed by atoms with E-state index in [1.807, 2.05) is 20.8 Å². The molecule has 0 saturated carbocycles. The fourth-order valence-corrected chi connectivity index (χ4v) is 2.26. The molecule has 27 heavy (non-hydrogen) atoms. The van der Waals surface area contributed by atoms with E-state index in [-0.39, 0.29) is 17.4 Å². The van der Waals surface area contributed by atoms with Gasteiger partial charge in [-0.3, -0.25) is 9.59 Å². The van der Waals surface area contributed by atoms with Gasteiger partial charge in [0.1, 0.15) is 0 Å². The van der Waals surface area contributed by atoms with E-state index in [1.165, 1.54) is 6.07 Å². The molecule has 2 aromatic rings. The number of hydrogen-bond acceptors (Lipinski definition) is 3. The van der Waals surface area contributed by atoms with Crippen LogP contribution in [0.25, 0.3) is 0 Å². The lowest BCUT2D eigenvalue weighted by atomic mass is 10.0. The lowest BCUT2D eigenvalue weighted by Gasteiger charge is -2.24. The first-order valence-corrected chi connectivity index (χ1v) is 8.60. The summed E-state index contributed by atoms with van der Waals surface area (Å²) in [7, 11) is 0. The zero-order valence-electron chi connectivity index (χ0n) is 15.6. The topological polar surface area (TPSA) is 113 Å². The van der Waals surface area contributed by atoms with Gasteiger partial charge in [0.2, 0.25) is 0 Å². The first kappa shape index (κ1) is 20.0. The molecule has 0 saturated heterocycles. The van der Waals surface area contributed by atoms with Crippen molar-refractivity contribution in [3.63, 3.8) is 0 Å². The largest absolute Gasteiger partial charge is 0.351 e. The van der Waals surface area contributed by atoms with Gasteiger partial charge in [-0.05, 0) is 62.7 Å². The zero-order valence-corrected chi connectivity index (χ0v) is 15.6. The molecule has 4 amide bonds. The highest BCUT2D eigenvalue weighted by atomic mass is 16.2. The molecule has 0 fully saturated rings. The number of rotatable bonds is 6. The van der Waals surface area contributed by atoms with Crippen LogP contribution < -0.4 is 21.7 Å². The molecule has 7 heteroatoms. The van der Waals surface area contributed by atoms with Crippen molar-refractivity contribution in [2.75, 3.05) is 10.6 Å². The monoisotopic (exact) mass is 368 g/mol. The second-order valence-electron chi connectivity index (χ2n) is 6.79. The predicted molar refractivity (Wildman–Crippen MR) is 106 cm³/mol. The molecule has 7 nitrogen and oxygen atoms in total. The van der Waals surface area contributed by atoms with Gasteiger partial charge in [-0.15, -0.1) is 0 Å². The fourth-order valence-electron chi connectivity index (χ4n) is 2.26. The van der Waals surface area contributed by atoms with Gasteiger partial charge in [0.15, 0.2) is 0 Å². The third kappa shape index (κ3) is 5.85. The Morgan fingerprint density at radius 2 is 1.56 bits per heavy atom. The van der Waals surface area contributed by atoms with Crippen molar-refractivity contribution in [3.05, 3.63) is 59.7 Å². The Balaban J connectivity index is 2.05. The van der Waals surface area contributed by atoms with E-state index < -0.39 is 6.03 Å². The minimum atomic E-state index is -0.701. The van der Waals surface area contributed by atoms with E-state index in [2.05, 4.69) is 16.0 Å².